The van der Waals surface area contributed by atoms with Gasteiger partial charge < -0.3 is 14.3 Å². The average molecular weight is 269 g/mol. The largest absolute Gasteiger partial charge is 0.360 e. The highest BCUT2D eigenvalue weighted by Crippen LogP contribution is 2.43. The topological polar surface area (TPSA) is 66.8 Å². The third kappa shape index (κ3) is 2.48. The van der Waals surface area contributed by atoms with Gasteiger partial charge in [0.05, 0.1) is 17.6 Å². The van der Waals surface area contributed by atoms with Crippen molar-refractivity contribution >= 4 is 24.5 Å². The van der Waals surface area contributed by atoms with Gasteiger partial charge in [-0.2, -0.15) is 0 Å². The zero-order valence-electron chi connectivity index (χ0n) is 10.2. The Hall–Kier alpha value is -1.16. The molecule has 1 unspecified atom stereocenters. The number of para-hydroxylation sites is 1. The zero-order valence-corrected chi connectivity index (χ0v) is 11.1. The minimum Gasteiger partial charge on any atom is -0.321 e. The summed E-state index contributed by atoms with van der Waals surface area (Å²) in [7, 11) is -3.86. The summed E-state index contributed by atoms with van der Waals surface area (Å²) in [6.07, 6.45) is 1.26. The molecule has 1 aromatic carbocycles. The van der Waals surface area contributed by atoms with E-state index in [0.717, 1.165) is 6.42 Å². The molecule has 0 saturated carbocycles. The fraction of sp³-hybridized carbons (Fsp3) is 0.417. The Morgan fingerprint density at radius 3 is 2.78 bits per heavy atom. The first kappa shape index (κ1) is 13.3. The highest BCUT2D eigenvalue weighted by atomic mass is 31.2. The maximum atomic E-state index is 12.1. The van der Waals surface area contributed by atoms with Crippen molar-refractivity contribution in [3.63, 3.8) is 0 Å². The van der Waals surface area contributed by atoms with Crippen molar-refractivity contribution in [1.82, 2.24) is 0 Å². The summed E-state index contributed by atoms with van der Waals surface area (Å²) in [5.74, 6) is -0.0149. The zero-order chi connectivity index (χ0) is 13.2. The third-order valence-electron chi connectivity index (χ3n) is 2.85. The van der Waals surface area contributed by atoms with Crippen LogP contribution in [0, 0.1) is 0 Å². The van der Waals surface area contributed by atoms with Gasteiger partial charge in [-0.15, -0.1) is 0 Å². The molecular formula is C12H16NO4P. The fourth-order valence-electron chi connectivity index (χ4n) is 2.08. The summed E-state index contributed by atoms with van der Waals surface area (Å²) in [6.45, 7) is 2.39. The number of nitrogens with zero attached hydrogens (tertiary/aromatic N) is 1. The predicted molar refractivity (Wildman–Crippen MR) is 69.1 cm³/mol. The van der Waals surface area contributed by atoms with Gasteiger partial charge in [-0.25, -0.2) is 0 Å². The van der Waals surface area contributed by atoms with Crippen LogP contribution in [0.3, 0.4) is 0 Å². The smallest absolute Gasteiger partial charge is 0.321 e. The van der Waals surface area contributed by atoms with Crippen molar-refractivity contribution in [1.29, 1.82) is 0 Å². The van der Waals surface area contributed by atoms with Crippen LogP contribution >= 0.6 is 7.60 Å². The first-order chi connectivity index (χ1) is 8.56. The number of carbonyl (C=O) groups excluding carboxylic acids is 1. The van der Waals surface area contributed by atoms with Gasteiger partial charge in [-0.1, -0.05) is 12.1 Å². The molecule has 0 radical (unpaired) electrons. The molecule has 1 N–H and O–H groups in total. The van der Waals surface area contributed by atoms with E-state index in [9.17, 15) is 14.3 Å². The lowest BCUT2D eigenvalue weighted by Gasteiger charge is -2.21. The molecular weight excluding hydrogens is 253 g/mol. The number of anilines is 1. The van der Waals surface area contributed by atoms with Gasteiger partial charge in [0.25, 0.3) is 0 Å². The number of amides is 1. The molecule has 98 valence electrons. The summed E-state index contributed by atoms with van der Waals surface area (Å²) >= 11 is 0. The van der Waals surface area contributed by atoms with E-state index in [0.29, 0.717) is 18.7 Å². The average Bonchev–Trinajstić information content (AvgIpc) is 2.75. The SMILES string of the molecule is CCOP(=O)(O)c1ccccc1N1CCCC1=O. The van der Waals surface area contributed by atoms with Gasteiger partial charge in [0.2, 0.25) is 5.91 Å². The minimum absolute atomic E-state index is 0.0149. The maximum Gasteiger partial charge on any atom is 0.360 e. The monoisotopic (exact) mass is 269 g/mol. The fourth-order valence-corrected chi connectivity index (χ4v) is 3.33. The van der Waals surface area contributed by atoms with Crippen LogP contribution < -0.4 is 10.2 Å². The Labute approximate surface area is 106 Å². The Balaban J connectivity index is 2.43. The summed E-state index contributed by atoms with van der Waals surface area (Å²) in [5.41, 5.74) is 0.485. The second kappa shape index (κ2) is 5.22. The van der Waals surface area contributed by atoms with E-state index in [-0.39, 0.29) is 17.8 Å². The van der Waals surface area contributed by atoms with Crippen molar-refractivity contribution < 1.29 is 18.8 Å². The van der Waals surface area contributed by atoms with E-state index in [1.807, 2.05) is 0 Å². The van der Waals surface area contributed by atoms with Crippen molar-refractivity contribution in [2.24, 2.45) is 0 Å². The molecule has 2 rings (SSSR count). The van der Waals surface area contributed by atoms with E-state index in [1.165, 1.54) is 6.07 Å². The molecule has 1 aliphatic rings. The molecule has 0 aliphatic carbocycles. The second-order valence-corrected chi connectivity index (χ2v) is 5.86. The van der Waals surface area contributed by atoms with Gasteiger partial charge in [0.1, 0.15) is 0 Å². The minimum atomic E-state index is -3.86. The Bertz CT molecular complexity index is 503. The normalized spacial score (nSPS) is 19.0. The van der Waals surface area contributed by atoms with Crippen LogP contribution in [-0.4, -0.2) is 24.0 Å². The highest BCUT2D eigenvalue weighted by molar-refractivity contribution is 7.61. The molecule has 5 nitrogen and oxygen atoms in total. The van der Waals surface area contributed by atoms with Gasteiger partial charge >= 0.3 is 7.60 Å². The molecule has 0 aromatic heterocycles. The summed E-state index contributed by atoms with van der Waals surface area (Å²) < 4.78 is 17.0. The van der Waals surface area contributed by atoms with Crippen molar-refractivity contribution in [2.75, 3.05) is 18.1 Å². The molecule has 18 heavy (non-hydrogen) atoms. The number of benzene rings is 1. The van der Waals surface area contributed by atoms with Crippen LogP contribution in [0.2, 0.25) is 0 Å². The second-order valence-electron chi connectivity index (χ2n) is 4.08. The molecule has 1 saturated heterocycles. The molecule has 0 spiro atoms. The van der Waals surface area contributed by atoms with Crippen LogP contribution in [0.1, 0.15) is 19.8 Å². The first-order valence-corrected chi connectivity index (χ1v) is 7.51. The van der Waals surface area contributed by atoms with Crippen LogP contribution in [0.5, 0.6) is 0 Å². The Morgan fingerprint density at radius 1 is 1.44 bits per heavy atom. The van der Waals surface area contributed by atoms with E-state index in [2.05, 4.69) is 0 Å². The van der Waals surface area contributed by atoms with E-state index >= 15 is 0 Å². The molecule has 1 aromatic rings. The lowest BCUT2D eigenvalue weighted by Crippen LogP contribution is -2.29. The molecule has 1 atom stereocenters. The van der Waals surface area contributed by atoms with E-state index < -0.39 is 7.60 Å². The molecule has 0 bridgehead atoms. The number of carbonyl (C=O) groups is 1. The highest BCUT2D eigenvalue weighted by Gasteiger charge is 2.31. The number of hydrogen-bond donors (Lipinski definition) is 1. The third-order valence-corrected chi connectivity index (χ3v) is 4.45. The van der Waals surface area contributed by atoms with Crippen molar-refractivity contribution in [3.8, 4) is 0 Å². The first-order valence-electron chi connectivity index (χ1n) is 5.93. The molecule has 1 heterocycles. The Morgan fingerprint density at radius 2 is 2.17 bits per heavy atom. The van der Waals surface area contributed by atoms with Gasteiger partial charge in [-0.3, -0.25) is 9.36 Å². The maximum absolute atomic E-state index is 12.1. The van der Waals surface area contributed by atoms with Crippen LogP contribution in [0.4, 0.5) is 5.69 Å². The number of rotatable bonds is 4. The van der Waals surface area contributed by atoms with Crippen LogP contribution in [0.15, 0.2) is 24.3 Å². The summed E-state index contributed by atoms with van der Waals surface area (Å²) in [4.78, 5) is 23.2. The lowest BCUT2D eigenvalue weighted by molar-refractivity contribution is -0.117. The molecule has 6 heteroatoms. The number of hydrogen-bond acceptors (Lipinski definition) is 3. The van der Waals surface area contributed by atoms with E-state index in [1.54, 1.807) is 30.0 Å². The summed E-state index contributed by atoms with van der Waals surface area (Å²) in [5, 5.41) is 0.196. The quantitative estimate of drug-likeness (QED) is 0.844. The van der Waals surface area contributed by atoms with Crippen molar-refractivity contribution in [3.05, 3.63) is 24.3 Å². The van der Waals surface area contributed by atoms with Gasteiger partial charge in [-0.05, 0) is 25.5 Å². The van der Waals surface area contributed by atoms with Crippen LogP contribution in [0.25, 0.3) is 0 Å². The molecule has 1 fully saturated rings. The standard InChI is InChI=1S/C12H16NO4P/c1-2-17-18(15,16)11-7-4-3-6-10(11)13-9-5-8-12(13)14/h3-4,6-7H,2,5,8-9H2,1H3,(H,15,16). The Kier molecular flexibility index (Phi) is 3.85. The van der Waals surface area contributed by atoms with Crippen molar-refractivity contribution in [2.45, 2.75) is 19.8 Å². The summed E-state index contributed by atoms with van der Waals surface area (Å²) in [6, 6.07) is 6.63. The lowest BCUT2D eigenvalue weighted by atomic mass is 10.3. The van der Waals surface area contributed by atoms with E-state index in [4.69, 9.17) is 4.52 Å². The van der Waals surface area contributed by atoms with Crippen LogP contribution in [-0.2, 0) is 13.9 Å². The van der Waals surface area contributed by atoms with Gasteiger partial charge in [0, 0.05) is 13.0 Å². The van der Waals surface area contributed by atoms with Gasteiger partial charge in [0.15, 0.2) is 0 Å². The molecule has 1 aliphatic heterocycles. The molecule has 1 amide bonds. The predicted octanol–water partition coefficient (Wildman–Crippen LogP) is 1.66.